The van der Waals surface area contributed by atoms with Crippen LogP contribution in [0.1, 0.15) is 26.2 Å². The molecule has 3 unspecified atom stereocenters. The molecule has 5 heteroatoms. The molecule has 0 radical (unpaired) electrons. The van der Waals surface area contributed by atoms with E-state index in [-0.39, 0.29) is 6.61 Å². The van der Waals surface area contributed by atoms with Gasteiger partial charge in [-0.1, -0.05) is 6.08 Å². The maximum absolute atomic E-state index is 11.1. The normalized spacial score (nSPS) is 32.3. The number of aliphatic hydroxyl groups excluding tert-OH is 2. The molecule has 16 heavy (non-hydrogen) atoms. The van der Waals surface area contributed by atoms with Crippen molar-refractivity contribution in [3.05, 3.63) is 12.2 Å². The van der Waals surface area contributed by atoms with E-state index < -0.39 is 24.5 Å². The van der Waals surface area contributed by atoms with E-state index in [9.17, 15) is 15.0 Å². The maximum atomic E-state index is 11.1. The van der Waals surface area contributed by atoms with Gasteiger partial charge in [0.2, 0.25) is 0 Å². The molecule has 5 nitrogen and oxygen atoms in total. The Morgan fingerprint density at radius 3 is 2.81 bits per heavy atom. The summed E-state index contributed by atoms with van der Waals surface area (Å²) in [4.78, 5) is 11.1. The molecule has 0 heterocycles. The molecule has 1 rings (SSSR count). The first-order valence-electron chi connectivity index (χ1n) is 5.49. The number of hydrogen-bond acceptors (Lipinski definition) is 5. The SMILES string of the molecule is CCOC(=O)OC1/C=C/C(O)CCC(O)C1. The van der Waals surface area contributed by atoms with E-state index >= 15 is 0 Å². The van der Waals surface area contributed by atoms with Gasteiger partial charge in [0.15, 0.2) is 0 Å². The highest BCUT2D eigenvalue weighted by molar-refractivity contribution is 5.60. The summed E-state index contributed by atoms with van der Waals surface area (Å²) in [5, 5.41) is 19.0. The molecule has 0 aromatic rings. The van der Waals surface area contributed by atoms with Crippen LogP contribution >= 0.6 is 0 Å². The Bertz CT molecular complexity index is 251. The number of hydrogen-bond donors (Lipinski definition) is 2. The number of aliphatic hydroxyl groups is 2. The molecule has 0 bridgehead atoms. The molecular formula is C11H18O5. The van der Waals surface area contributed by atoms with Crippen molar-refractivity contribution in [1.29, 1.82) is 0 Å². The standard InChI is InChI=1S/C11H18O5/c1-2-15-11(14)16-10-6-5-8(12)3-4-9(13)7-10/h5-6,8-10,12-13H,2-4,7H2,1H3/b6-5+. The second-order valence-corrected chi connectivity index (χ2v) is 3.76. The van der Waals surface area contributed by atoms with Gasteiger partial charge in [0.1, 0.15) is 6.10 Å². The third-order valence-corrected chi connectivity index (χ3v) is 2.36. The van der Waals surface area contributed by atoms with Gasteiger partial charge in [-0.15, -0.1) is 0 Å². The third-order valence-electron chi connectivity index (χ3n) is 2.36. The van der Waals surface area contributed by atoms with Crippen LogP contribution in [0.2, 0.25) is 0 Å². The fraction of sp³-hybridized carbons (Fsp3) is 0.727. The largest absolute Gasteiger partial charge is 0.508 e. The minimum absolute atomic E-state index is 0.250. The van der Waals surface area contributed by atoms with Gasteiger partial charge < -0.3 is 19.7 Å². The molecule has 3 atom stereocenters. The molecule has 0 saturated heterocycles. The molecule has 92 valence electrons. The van der Waals surface area contributed by atoms with Gasteiger partial charge in [0.05, 0.1) is 18.8 Å². The molecular weight excluding hydrogens is 212 g/mol. The molecule has 1 aliphatic carbocycles. The highest BCUT2D eigenvalue weighted by Crippen LogP contribution is 2.16. The molecule has 2 N–H and O–H groups in total. The number of rotatable bonds is 2. The zero-order valence-electron chi connectivity index (χ0n) is 9.33. The Morgan fingerprint density at radius 1 is 1.38 bits per heavy atom. The highest BCUT2D eigenvalue weighted by atomic mass is 16.7. The van der Waals surface area contributed by atoms with Crippen molar-refractivity contribution in [2.24, 2.45) is 0 Å². The van der Waals surface area contributed by atoms with E-state index in [0.717, 1.165) is 0 Å². The number of carbonyl (C=O) groups excluding carboxylic acids is 1. The zero-order valence-corrected chi connectivity index (χ0v) is 9.33. The summed E-state index contributed by atoms with van der Waals surface area (Å²) < 4.78 is 9.61. The molecule has 0 aromatic heterocycles. The second kappa shape index (κ2) is 6.50. The molecule has 0 aromatic carbocycles. The molecule has 0 saturated carbocycles. The van der Waals surface area contributed by atoms with Gasteiger partial charge in [0.25, 0.3) is 0 Å². The van der Waals surface area contributed by atoms with Crippen molar-refractivity contribution >= 4 is 6.16 Å². The Morgan fingerprint density at radius 2 is 2.12 bits per heavy atom. The number of ether oxygens (including phenoxy) is 2. The molecule has 0 fully saturated rings. The highest BCUT2D eigenvalue weighted by Gasteiger charge is 2.20. The second-order valence-electron chi connectivity index (χ2n) is 3.76. The summed E-state index contributed by atoms with van der Waals surface area (Å²) >= 11 is 0. The monoisotopic (exact) mass is 230 g/mol. The van der Waals surface area contributed by atoms with E-state index in [1.807, 2.05) is 0 Å². The Hall–Kier alpha value is -1.07. The fourth-order valence-corrected chi connectivity index (χ4v) is 1.54. The van der Waals surface area contributed by atoms with E-state index in [4.69, 9.17) is 4.74 Å². The van der Waals surface area contributed by atoms with Crippen LogP contribution in [-0.2, 0) is 9.47 Å². The van der Waals surface area contributed by atoms with E-state index in [1.54, 1.807) is 19.1 Å². The first-order valence-corrected chi connectivity index (χ1v) is 5.49. The van der Waals surface area contributed by atoms with Crippen LogP contribution in [0.25, 0.3) is 0 Å². The lowest BCUT2D eigenvalue weighted by molar-refractivity contribution is 0.0170. The van der Waals surface area contributed by atoms with Crippen LogP contribution in [0.4, 0.5) is 4.79 Å². The smallest absolute Gasteiger partial charge is 0.435 e. The predicted octanol–water partition coefficient (Wildman–Crippen LogP) is 0.990. The van der Waals surface area contributed by atoms with Gasteiger partial charge in [0, 0.05) is 6.42 Å². The van der Waals surface area contributed by atoms with Gasteiger partial charge in [-0.2, -0.15) is 0 Å². The molecule has 0 spiro atoms. The quantitative estimate of drug-likeness (QED) is 0.546. The van der Waals surface area contributed by atoms with Gasteiger partial charge in [-0.05, 0) is 25.8 Å². The van der Waals surface area contributed by atoms with Gasteiger partial charge in [-0.25, -0.2) is 4.79 Å². The van der Waals surface area contributed by atoms with Crippen molar-refractivity contribution in [3.63, 3.8) is 0 Å². The van der Waals surface area contributed by atoms with Crippen molar-refractivity contribution in [1.82, 2.24) is 0 Å². The topological polar surface area (TPSA) is 76.0 Å². The van der Waals surface area contributed by atoms with Crippen molar-refractivity contribution in [2.75, 3.05) is 6.61 Å². The lowest BCUT2D eigenvalue weighted by atomic mass is 10.00. The zero-order chi connectivity index (χ0) is 12.0. The Kier molecular flexibility index (Phi) is 5.28. The van der Waals surface area contributed by atoms with E-state index in [2.05, 4.69) is 4.74 Å². The van der Waals surface area contributed by atoms with Crippen LogP contribution in [0.15, 0.2) is 12.2 Å². The minimum atomic E-state index is -0.751. The first kappa shape index (κ1) is 13.0. The van der Waals surface area contributed by atoms with Gasteiger partial charge in [-0.3, -0.25) is 0 Å². The number of carbonyl (C=O) groups is 1. The van der Waals surface area contributed by atoms with Crippen LogP contribution in [0.3, 0.4) is 0 Å². The average Bonchev–Trinajstić information content (AvgIpc) is 2.21. The molecule has 1 aliphatic rings. The fourth-order valence-electron chi connectivity index (χ4n) is 1.54. The summed E-state index contributed by atoms with van der Waals surface area (Å²) in [6.07, 6.45) is 2.06. The summed E-state index contributed by atoms with van der Waals surface area (Å²) in [5.41, 5.74) is 0. The lowest BCUT2D eigenvalue weighted by Gasteiger charge is -2.21. The summed E-state index contributed by atoms with van der Waals surface area (Å²) in [7, 11) is 0. The predicted molar refractivity (Wildman–Crippen MR) is 56.9 cm³/mol. The third kappa shape index (κ3) is 4.63. The minimum Gasteiger partial charge on any atom is -0.435 e. The van der Waals surface area contributed by atoms with Crippen molar-refractivity contribution in [3.8, 4) is 0 Å². The lowest BCUT2D eigenvalue weighted by Crippen LogP contribution is -2.25. The van der Waals surface area contributed by atoms with Crippen LogP contribution in [0, 0.1) is 0 Å². The Balaban J connectivity index is 2.51. The average molecular weight is 230 g/mol. The van der Waals surface area contributed by atoms with Crippen molar-refractivity contribution < 1.29 is 24.5 Å². The summed E-state index contributed by atoms with van der Waals surface area (Å²) in [6, 6.07) is 0. The first-order chi connectivity index (χ1) is 7.61. The van der Waals surface area contributed by atoms with Crippen LogP contribution < -0.4 is 0 Å². The Labute approximate surface area is 94.7 Å². The maximum Gasteiger partial charge on any atom is 0.508 e. The summed E-state index contributed by atoms with van der Waals surface area (Å²) in [6.45, 7) is 1.94. The molecule has 0 amide bonds. The van der Waals surface area contributed by atoms with Crippen LogP contribution in [0.5, 0.6) is 0 Å². The summed E-state index contributed by atoms with van der Waals surface area (Å²) in [5.74, 6) is 0. The van der Waals surface area contributed by atoms with Crippen LogP contribution in [-0.4, -0.2) is 41.3 Å². The van der Waals surface area contributed by atoms with E-state index in [1.165, 1.54) is 0 Å². The van der Waals surface area contributed by atoms with Gasteiger partial charge >= 0.3 is 6.16 Å². The van der Waals surface area contributed by atoms with E-state index in [0.29, 0.717) is 19.3 Å². The van der Waals surface area contributed by atoms with Crippen molar-refractivity contribution in [2.45, 2.75) is 44.5 Å². The molecule has 0 aliphatic heterocycles.